The van der Waals surface area contributed by atoms with Crippen molar-refractivity contribution in [2.45, 2.75) is 6.18 Å². The van der Waals surface area contributed by atoms with Crippen molar-refractivity contribution in [3.05, 3.63) is 96.0 Å². The Labute approximate surface area is 195 Å². The second-order valence-corrected chi connectivity index (χ2v) is 7.22. The highest BCUT2D eigenvalue weighted by molar-refractivity contribution is 6.04. The zero-order valence-electron chi connectivity index (χ0n) is 17.6. The van der Waals surface area contributed by atoms with Gasteiger partial charge in [0.2, 0.25) is 0 Å². The standard InChI is InChI=1S/C23H13F3N8O/c24-23(25,26)17-9-18(11-20(10-17)33-7-6-29-32-33)31-22(35)16-8-15(12-27-13-16)3-4-19-14-28-21-2-1-5-30-34(19)21/h1-2,5-14H,(H,31,35). The molecule has 1 aromatic carbocycles. The number of amides is 1. The first kappa shape index (κ1) is 21.8. The number of pyridine rings is 1. The predicted molar refractivity (Wildman–Crippen MR) is 118 cm³/mol. The number of rotatable bonds is 3. The summed E-state index contributed by atoms with van der Waals surface area (Å²) in [7, 11) is 0. The molecule has 0 radical (unpaired) electrons. The molecule has 9 nitrogen and oxygen atoms in total. The van der Waals surface area contributed by atoms with E-state index < -0.39 is 17.6 Å². The van der Waals surface area contributed by atoms with Crippen molar-refractivity contribution in [1.29, 1.82) is 0 Å². The van der Waals surface area contributed by atoms with Gasteiger partial charge in [-0.2, -0.15) is 18.3 Å². The highest BCUT2D eigenvalue weighted by Crippen LogP contribution is 2.33. The number of fused-ring (bicyclic) bond motifs is 1. The Balaban J connectivity index is 1.41. The van der Waals surface area contributed by atoms with Crippen LogP contribution in [0.3, 0.4) is 0 Å². The third-order valence-corrected chi connectivity index (χ3v) is 4.80. The molecule has 0 spiro atoms. The molecule has 0 unspecified atom stereocenters. The molecule has 172 valence electrons. The van der Waals surface area contributed by atoms with E-state index in [0.717, 1.165) is 16.8 Å². The lowest BCUT2D eigenvalue weighted by Crippen LogP contribution is -2.14. The number of aromatic nitrogens is 7. The third kappa shape index (κ3) is 4.69. The molecule has 0 aliphatic carbocycles. The molecular formula is C23H13F3N8O. The fraction of sp³-hybridized carbons (Fsp3) is 0.0435. The van der Waals surface area contributed by atoms with E-state index in [9.17, 15) is 18.0 Å². The molecule has 1 amide bonds. The molecule has 5 rings (SSSR count). The predicted octanol–water partition coefficient (Wildman–Crippen LogP) is 3.38. The van der Waals surface area contributed by atoms with Gasteiger partial charge in [0.15, 0.2) is 5.65 Å². The molecule has 0 fully saturated rings. The van der Waals surface area contributed by atoms with E-state index in [1.54, 1.807) is 29.0 Å². The second-order valence-electron chi connectivity index (χ2n) is 7.22. The lowest BCUT2D eigenvalue weighted by Gasteiger charge is -2.13. The van der Waals surface area contributed by atoms with Crippen molar-refractivity contribution in [2.75, 3.05) is 5.32 Å². The summed E-state index contributed by atoms with van der Waals surface area (Å²) in [5, 5.41) is 14.0. The van der Waals surface area contributed by atoms with Gasteiger partial charge in [0.25, 0.3) is 5.91 Å². The van der Waals surface area contributed by atoms with Gasteiger partial charge < -0.3 is 5.32 Å². The number of halogens is 3. The van der Waals surface area contributed by atoms with E-state index in [1.165, 1.54) is 36.9 Å². The van der Waals surface area contributed by atoms with E-state index in [4.69, 9.17) is 0 Å². The Morgan fingerprint density at radius 3 is 2.71 bits per heavy atom. The summed E-state index contributed by atoms with van der Waals surface area (Å²) in [6.07, 6.45) is 4.04. The van der Waals surface area contributed by atoms with E-state index in [0.29, 0.717) is 16.9 Å². The molecule has 5 aromatic rings. The van der Waals surface area contributed by atoms with E-state index in [2.05, 4.69) is 42.5 Å². The molecule has 0 saturated heterocycles. The molecule has 0 atom stereocenters. The fourth-order valence-electron chi connectivity index (χ4n) is 3.21. The first-order chi connectivity index (χ1) is 16.9. The summed E-state index contributed by atoms with van der Waals surface area (Å²) in [5.74, 6) is 5.17. The molecule has 35 heavy (non-hydrogen) atoms. The van der Waals surface area contributed by atoms with Crippen LogP contribution >= 0.6 is 0 Å². The summed E-state index contributed by atoms with van der Waals surface area (Å²) in [6.45, 7) is 0. The van der Waals surface area contributed by atoms with Crippen LogP contribution in [0.1, 0.15) is 27.2 Å². The molecule has 0 saturated carbocycles. The van der Waals surface area contributed by atoms with Crippen molar-refractivity contribution >= 4 is 17.2 Å². The summed E-state index contributed by atoms with van der Waals surface area (Å²) >= 11 is 0. The lowest BCUT2D eigenvalue weighted by atomic mass is 10.1. The third-order valence-electron chi connectivity index (χ3n) is 4.80. The number of carbonyl (C=O) groups is 1. The highest BCUT2D eigenvalue weighted by atomic mass is 19.4. The summed E-state index contributed by atoms with van der Waals surface area (Å²) in [6, 6.07) is 8.14. The van der Waals surface area contributed by atoms with Gasteiger partial charge in [-0.15, -0.1) is 5.10 Å². The van der Waals surface area contributed by atoms with Crippen LogP contribution in [0.5, 0.6) is 0 Å². The van der Waals surface area contributed by atoms with Crippen molar-refractivity contribution < 1.29 is 18.0 Å². The monoisotopic (exact) mass is 474 g/mol. The minimum Gasteiger partial charge on any atom is -0.322 e. The maximum absolute atomic E-state index is 13.4. The van der Waals surface area contributed by atoms with Crippen molar-refractivity contribution in [3.63, 3.8) is 0 Å². The zero-order valence-corrected chi connectivity index (χ0v) is 17.6. The minimum atomic E-state index is -4.63. The second kappa shape index (κ2) is 8.71. The smallest absolute Gasteiger partial charge is 0.322 e. The molecular weight excluding hydrogens is 461 g/mol. The topological polar surface area (TPSA) is 103 Å². The maximum Gasteiger partial charge on any atom is 0.416 e. The molecule has 0 aliphatic heterocycles. The highest BCUT2D eigenvalue weighted by Gasteiger charge is 2.31. The maximum atomic E-state index is 13.4. The number of imidazole rings is 1. The minimum absolute atomic E-state index is 0.0661. The number of hydrogen-bond acceptors (Lipinski definition) is 6. The lowest BCUT2D eigenvalue weighted by molar-refractivity contribution is -0.137. The van der Waals surface area contributed by atoms with Crippen LogP contribution in [-0.2, 0) is 6.18 Å². The number of nitrogens with one attached hydrogen (secondary N) is 1. The van der Waals surface area contributed by atoms with Crippen LogP contribution < -0.4 is 5.32 Å². The summed E-state index contributed by atoms with van der Waals surface area (Å²) in [4.78, 5) is 21.0. The van der Waals surface area contributed by atoms with Crippen molar-refractivity contribution in [1.82, 2.24) is 34.6 Å². The van der Waals surface area contributed by atoms with E-state index >= 15 is 0 Å². The van der Waals surface area contributed by atoms with Crippen LogP contribution in [0.25, 0.3) is 11.3 Å². The largest absolute Gasteiger partial charge is 0.416 e. The molecule has 0 bridgehead atoms. The van der Waals surface area contributed by atoms with E-state index in [-0.39, 0.29) is 16.9 Å². The number of alkyl halides is 3. The Morgan fingerprint density at radius 1 is 1.03 bits per heavy atom. The normalized spacial score (nSPS) is 11.2. The van der Waals surface area contributed by atoms with Crippen molar-refractivity contribution in [2.24, 2.45) is 0 Å². The zero-order chi connectivity index (χ0) is 24.4. The summed E-state index contributed by atoms with van der Waals surface area (Å²) < 4.78 is 43.0. The molecule has 12 heteroatoms. The fourth-order valence-corrected chi connectivity index (χ4v) is 3.21. The number of hydrogen-bond donors (Lipinski definition) is 1. The van der Waals surface area contributed by atoms with Gasteiger partial charge in [-0.3, -0.25) is 9.78 Å². The average Bonchev–Trinajstić information content (AvgIpc) is 3.53. The van der Waals surface area contributed by atoms with Crippen molar-refractivity contribution in [3.8, 4) is 17.5 Å². The molecule has 4 heterocycles. The number of benzene rings is 1. The quantitative estimate of drug-likeness (QED) is 0.402. The molecule has 4 aromatic heterocycles. The van der Waals surface area contributed by atoms with Crippen LogP contribution in [0, 0.1) is 11.8 Å². The van der Waals surface area contributed by atoms with Gasteiger partial charge in [0.05, 0.1) is 35.4 Å². The Bertz CT molecular complexity index is 1600. The van der Waals surface area contributed by atoms with Crippen LogP contribution in [0.4, 0.5) is 18.9 Å². The number of anilines is 1. The van der Waals surface area contributed by atoms with Gasteiger partial charge in [0.1, 0.15) is 5.69 Å². The van der Waals surface area contributed by atoms with E-state index in [1.807, 2.05) is 0 Å². The van der Waals surface area contributed by atoms with Gasteiger partial charge in [-0.25, -0.2) is 14.2 Å². The van der Waals surface area contributed by atoms with Gasteiger partial charge in [-0.05, 0) is 42.3 Å². The van der Waals surface area contributed by atoms with Crippen LogP contribution in [0.2, 0.25) is 0 Å². The molecule has 1 N–H and O–H groups in total. The van der Waals surface area contributed by atoms with Gasteiger partial charge in [0, 0.05) is 29.8 Å². The first-order valence-corrected chi connectivity index (χ1v) is 10.0. The molecule has 0 aliphatic rings. The Morgan fingerprint density at radius 2 is 1.91 bits per heavy atom. The Hall–Kier alpha value is -5.05. The van der Waals surface area contributed by atoms with Gasteiger partial charge >= 0.3 is 6.18 Å². The van der Waals surface area contributed by atoms with Crippen LogP contribution in [0.15, 0.2) is 73.6 Å². The number of nitrogens with zero attached hydrogens (tertiary/aromatic N) is 7. The van der Waals surface area contributed by atoms with Crippen LogP contribution in [-0.4, -0.2) is 40.5 Å². The SMILES string of the molecule is O=C(Nc1cc(-n2ccnn2)cc(C(F)(F)F)c1)c1cncc(C#Cc2cnc3cccnn23)c1. The first-order valence-electron chi connectivity index (χ1n) is 10.0. The number of carbonyl (C=O) groups excluding carboxylic acids is 1. The average molecular weight is 474 g/mol. The van der Waals surface area contributed by atoms with Gasteiger partial charge in [-0.1, -0.05) is 11.1 Å². The summed E-state index contributed by atoms with van der Waals surface area (Å²) in [5.41, 5.74) is 0.800. The Kier molecular flexibility index (Phi) is 5.42.